The van der Waals surface area contributed by atoms with Crippen LogP contribution < -0.4 is 4.74 Å². The number of phenols is 1. The molecular formula is C15H14O3. The summed E-state index contributed by atoms with van der Waals surface area (Å²) in [5.41, 5.74) is 1.71. The fraction of sp³-hybridized carbons (Fsp3) is 0.200. The van der Waals surface area contributed by atoms with Crippen molar-refractivity contribution >= 4 is 0 Å². The SMILES string of the molecule is Oc1cccc(C2C[C@@H](O)c3ccccc3O2)c1. The maximum absolute atomic E-state index is 10.1. The quantitative estimate of drug-likeness (QED) is 0.808. The number of fused-ring (bicyclic) bond motifs is 1. The molecule has 18 heavy (non-hydrogen) atoms. The van der Waals surface area contributed by atoms with Crippen LogP contribution in [0.25, 0.3) is 0 Å². The fourth-order valence-electron chi connectivity index (χ4n) is 2.32. The van der Waals surface area contributed by atoms with Crippen LogP contribution in [0.5, 0.6) is 11.5 Å². The molecule has 92 valence electrons. The maximum Gasteiger partial charge on any atom is 0.127 e. The third-order valence-electron chi connectivity index (χ3n) is 3.23. The summed E-state index contributed by atoms with van der Waals surface area (Å²) in [7, 11) is 0. The second-order valence-corrected chi connectivity index (χ2v) is 4.49. The van der Waals surface area contributed by atoms with Gasteiger partial charge in [0.25, 0.3) is 0 Å². The molecule has 0 fully saturated rings. The molecule has 0 amide bonds. The molecule has 0 saturated heterocycles. The Bertz CT molecular complexity index is 565. The van der Waals surface area contributed by atoms with Gasteiger partial charge in [0.2, 0.25) is 0 Å². The van der Waals surface area contributed by atoms with Gasteiger partial charge in [-0.2, -0.15) is 0 Å². The van der Waals surface area contributed by atoms with E-state index < -0.39 is 6.10 Å². The number of para-hydroxylation sites is 1. The van der Waals surface area contributed by atoms with Crippen LogP contribution in [0, 0.1) is 0 Å². The first-order valence-electron chi connectivity index (χ1n) is 5.96. The smallest absolute Gasteiger partial charge is 0.127 e. The van der Waals surface area contributed by atoms with E-state index in [1.807, 2.05) is 30.3 Å². The van der Waals surface area contributed by atoms with E-state index in [9.17, 15) is 10.2 Å². The van der Waals surface area contributed by atoms with Gasteiger partial charge in [-0.25, -0.2) is 0 Å². The Morgan fingerprint density at radius 3 is 2.72 bits per heavy atom. The summed E-state index contributed by atoms with van der Waals surface area (Å²) < 4.78 is 5.87. The third kappa shape index (κ3) is 1.93. The van der Waals surface area contributed by atoms with Crippen molar-refractivity contribution in [3.05, 3.63) is 59.7 Å². The van der Waals surface area contributed by atoms with E-state index >= 15 is 0 Å². The number of hydrogen-bond acceptors (Lipinski definition) is 3. The van der Waals surface area contributed by atoms with Crippen LogP contribution in [0.15, 0.2) is 48.5 Å². The summed E-state index contributed by atoms with van der Waals surface area (Å²) in [6.07, 6.45) is -0.246. The standard InChI is InChI=1S/C15H14O3/c16-11-5-3-4-10(8-11)15-9-13(17)12-6-1-2-7-14(12)18-15/h1-8,13,15-17H,9H2/t13-,15?/m1/s1. The van der Waals surface area contributed by atoms with Gasteiger partial charge in [-0.05, 0) is 23.8 Å². The first-order chi connectivity index (χ1) is 8.74. The number of hydrogen-bond donors (Lipinski definition) is 2. The average Bonchev–Trinajstić information content (AvgIpc) is 2.39. The highest BCUT2D eigenvalue weighted by molar-refractivity contribution is 5.39. The van der Waals surface area contributed by atoms with Crippen molar-refractivity contribution in [2.45, 2.75) is 18.6 Å². The van der Waals surface area contributed by atoms with Crippen LogP contribution in [-0.4, -0.2) is 10.2 Å². The monoisotopic (exact) mass is 242 g/mol. The zero-order valence-electron chi connectivity index (χ0n) is 9.78. The van der Waals surface area contributed by atoms with Crippen molar-refractivity contribution in [1.82, 2.24) is 0 Å². The number of rotatable bonds is 1. The van der Waals surface area contributed by atoms with Crippen molar-refractivity contribution in [3.63, 3.8) is 0 Å². The normalized spacial score (nSPS) is 22.1. The van der Waals surface area contributed by atoms with Crippen LogP contribution in [-0.2, 0) is 0 Å². The Balaban J connectivity index is 1.94. The average molecular weight is 242 g/mol. The predicted octanol–water partition coefficient (Wildman–Crippen LogP) is 2.95. The molecule has 0 saturated carbocycles. The molecule has 1 unspecified atom stereocenters. The molecule has 3 rings (SSSR count). The topological polar surface area (TPSA) is 49.7 Å². The van der Waals surface area contributed by atoms with Gasteiger partial charge in [0, 0.05) is 12.0 Å². The lowest BCUT2D eigenvalue weighted by Crippen LogP contribution is -2.18. The Kier molecular flexibility index (Phi) is 2.68. The van der Waals surface area contributed by atoms with Gasteiger partial charge < -0.3 is 14.9 Å². The minimum absolute atomic E-state index is 0.212. The number of aliphatic hydroxyl groups is 1. The Morgan fingerprint density at radius 2 is 1.89 bits per heavy atom. The van der Waals surface area contributed by atoms with Gasteiger partial charge >= 0.3 is 0 Å². The number of benzene rings is 2. The molecule has 3 nitrogen and oxygen atoms in total. The third-order valence-corrected chi connectivity index (χ3v) is 3.23. The van der Waals surface area contributed by atoms with Crippen molar-refractivity contribution < 1.29 is 14.9 Å². The Labute approximate surface area is 105 Å². The first kappa shape index (κ1) is 11.1. The molecule has 0 radical (unpaired) electrons. The summed E-state index contributed by atoms with van der Waals surface area (Å²) in [6.45, 7) is 0. The summed E-state index contributed by atoms with van der Waals surface area (Å²) >= 11 is 0. The van der Waals surface area contributed by atoms with Crippen LogP contribution in [0.4, 0.5) is 0 Å². The second-order valence-electron chi connectivity index (χ2n) is 4.49. The van der Waals surface area contributed by atoms with Crippen LogP contribution in [0.3, 0.4) is 0 Å². The minimum atomic E-state index is -0.526. The first-order valence-corrected chi connectivity index (χ1v) is 5.96. The lowest BCUT2D eigenvalue weighted by atomic mass is 9.95. The molecule has 1 aliphatic rings. The molecule has 2 atom stereocenters. The molecule has 2 aromatic rings. The van der Waals surface area contributed by atoms with Gasteiger partial charge in [-0.1, -0.05) is 30.3 Å². The molecule has 2 N–H and O–H groups in total. The molecule has 1 aliphatic heterocycles. The fourth-order valence-corrected chi connectivity index (χ4v) is 2.32. The number of aromatic hydroxyl groups is 1. The molecule has 1 heterocycles. The highest BCUT2D eigenvalue weighted by Gasteiger charge is 2.27. The number of ether oxygens (including phenoxy) is 1. The van der Waals surface area contributed by atoms with Gasteiger partial charge in [-0.3, -0.25) is 0 Å². The van der Waals surface area contributed by atoms with E-state index in [1.165, 1.54) is 0 Å². The van der Waals surface area contributed by atoms with E-state index in [2.05, 4.69) is 0 Å². The van der Waals surface area contributed by atoms with E-state index in [1.54, 1.807) is 18.2 Å². The lowest BCUT2D eigenvalue weighted by molar-refractivity contribution is 0.0656. The minimum Gasteiger partial charge on any atom is -0.508 e. The van der Waals surface area contributed by atoms with Crippen LogP contribution >= 0.6 is 0 Å². The van der Waals surface area contributed by atoms with Gasteiger partial charge in [0.05, 0.1) is 6.10 Å². The second kappa shape index (κ2) is 4.35. The van der Waals surface area contributed by atoms with Crippen molar-refractivity contribution in [1.29, 1.82) is 0 Å². The predicted molar refractivity (Wildman–Crippen MR) is 67.5 cm³/mol. The summed E-state index contributed by atoms with van der Waals surface area (Å²) in [6, 6.07) is 14.5. The van der Waals surface area contributed by atoms with Gasteiger partial charge in [0.1, 0.15) is 17.6 Å². The van der Waals surface area contributed by atoms with E-state index in [-0.39, 0.29) is 11.9 Å². The molecule has 0 aliphatic carbocycles. The largest absolute Gasteiger partial charge is 0.508 e. The van der Waals surface area contributed by atoms with E-state index in [0.29, 0.717) is 12.2 Å². The van der Waals surface area contributed by atoms with Crippen molar-refractivity contribution in [2.75, 3.05) is 0 Å². The van der Waals surface area contributed by atoms with E-state index in [0.717, 1.165) is 11.1 Å². The highest BCUT2D eigenvalue weighted by Crippen LogP contribution is 2.40. The highest BCUT2D eigenvalue weighted by atomic mass is 16.5. The maximum atomic E-state index is 10.1. The van der Waals surface area contributed by atoms with Crippen LogP contribution in [0.2, 0.25) is 0 Å². The lowest BCUT2D eigenvalue weighted by Gasteiger charge is -2.29. The summed E-state index contributed by atoms with van der Waals surface area (Å²) in [5, 5.41) is 19.6. The van der Waals surface area contributed by atoms with Gasteiger partial charge in [0.15, 0.2) is 0 Å². The van der Waals surface area contributed by atoms with Crippen LogP contribution in [0.1, 0.15) is 29.8 Å². The Hall–Kier alpha value is -2.00. The summed E-state index contributed by atoms with van der Waals surface area (Å²) in [5.74, 6) is 0.925. The molecule has 0 bridgehead atoms. The number of aliphatic hydroxyl groups excluding tert-OH is 1. The zero-order valence-corrected chi connectivity index (χ0v) is 9.78. The molecule has 0 spiro atoms. The molecule has 0 aromatic heterocycles. The van der Waals surface area contributed by atoms with Gasteiger partial charge in [-0.15, -0.1) is 0 Å². The molecule has 2 aromatic carbocycles. The van der Waals surface area contributed by atoms with E-state index in [4.69, 9.17) is 4.74 Å². The Morgan fingerprint density at radius 1 is 1.06 bits per heavy atom. The molecule has 3 heteroatoms. The van der Waals surface area contributed by atoms with Crippen molar-refractivity contribution in [3.8, 4) is 11.5 Å². The number of phenolic OH excluding ortho intramolecular Hbond substituents is 1. The molecular weight excluding hydrogens is 228 g/mol. The van der Waals surface area contributed by atoms with Crippen molar-refractivity contribution in [2.24, 2.45) is 0 Å². The zero-order chi connectivity index (χ0) is 12.5. The summed E-state index contributed by atoms with van der Waals surface area (Å²) in [4.78, 5) is 0.